The number of nitrogens with zero attached hydrogens (tertiary/aromatic N) is 3. The molecule has 1 aromatic heterocycles. The third kappa shape index (κ3) is 3.11. The van der Waals surface area contributed by atoms with Crippen molar-refractivity contribution in [1.29, 1.82) is 0 Å². The summed E-state index contributed by atoms with van der Waals surface area (Å²) in [6, 6.07) is 0. The van der Waals surface area contributed by atoms with Gasteiger partial charge >= 0.3 is 0 Å². The van der Waals surface area contributed by atoms with Crippen molar-refractivity contribution >= 4 is 27.4 Å². The van der Waals surface area contributed by atoms with Crippen LogP contribution >= 0.6 is 11.6 Å². The molecule has 1 saturated heterocycles. The van der Waals surface area contributed by atoms with Crippen LogP contribution in [0.3, 0.4) is 0 Å². The summed E-state index contributed by atoms with van der Waals surface area (Å²) in [6.07, 6.45) is 2.17. The van der Waals surface area contributed by atoms with Gasteiger partial charge in [0.05, 0.1) is 11.2 Å². The Morgan fingerprint density at radius 2 is 1.86 bits per heavy atom. The maximum absolute atomic E-state index is 13.8. The van der Waals surface area contributed by atoms with Crippen molar-refractivity contribution in [2.75, 3.05) is 24.2 Å². The standard InChI is InChI=1S/C12H16ClF2N3O2S/c1-7-5-18(6-8(2)12(7,14)15)11-16-4-9(13)10(17-11)21(3,19)20/h4,7-8H,5-6H2,1-3H3. The summed E-state index contributed by atoms with van der Waals surface area (Å²) in [5, 5.41) is -0.364. The van der Waals surface area contributed by atoms with Crippen LogP contribution in [0, 0.1) is 11.8 Å². The van der Waals surface area contributed by atoms with E-state index >= 15 is 0 Å². The fourth-order valence-corrected chi connectivity index (χ4v) is 3.55. The Morgan fingerprint density at radius 1 is 1.33 bits per heavy atom. The summed E-state index contributed by atoms with van der Waals surface area (Å²) in [5.41, 5.74) is 0. The first kappa shape index (κ1) is 16.4. The molecule has 0 spiro atoms. The SMILES string of the molecule is CC1CN(c2ncc(Cl)c(S(C)(=O)=O)n2)CC(C)C1(F)F. The Hall–Kier alpha value is -1.02. The fraction of sp³-hybridized carbons (Fsp3) is 0.667. The van der Waals surface area contributed by atoms with Crippen LogP contribution in [-0.2, 0) is 9.84 Å². The van der Waals surface area contributed by atoms with Crippen LogP contribution in [0.5, 0.6) is 0 Å². The van der Waals surface area contributed by atoms with Gasteiger partial charge in [-0.15, -0.1) is 0 Å². The lowest BCUT2D eigenvalue weighted by Crippen LogP contribution is -2.52. The molecule has 1 fully saturated rings. The molecule has 0 aromatic carbocycles. The zero-order chi connectivity index (χ0) is 16.0. The van der Waals surface area contributed by atoms with Gasteiger partial charge in [-0.25, -0.2) is 22.2 Å². The average Bonchev–Trinajstić information content (AvgIpc) is 2.35. The highest BCUT2D eigenvalue weighted by Crippen LogP contribution is 2.38. The van der Waals surface area contributed by atoms with Crippen LogP contribution in [0.15, 0.2) is 11.2 Å². The molecule has 118 valence electrons. The molecule has 2 heterocycles. The van der Waals surface area contributed by atoms with E-state index in [4.69, 9.17) is 11.6 Å². The van der Waals surface area contributed by atoms with E-state index in [2.05, 4.69) is 9.97 Å². The van der Waals surface area contributed by atoms with E-state index in [1.807, 2.05) is 0 Å². The highest BCUT2D eigenvalue weighted by Gasteiger charge is 2.47. The molecule has 1 aromatic rings. The number of anilines is 1. The molecule has 1 aliphatic rings. The third-order valence-electron chi connectivity index (χ3n) is 3.64. The summed E-state index contributed by atoms with van der Waals surface area (Å²) in [4.78, 5) is 9.47. The zero-order valence-corrected chi connectivity index (χ0v) is 13.4. The fourth-order valence-electron chi connectivity index (χ4n) is 2.38. The van der Waals surface area contributed by atoms with Crippen molar-refractivity contribution in [2.45, 2.75) is 24.8 Å². The summed E-state index contributed by atoms with van der Waals surface area (Å²) < 4.78 is 50.9. The maximum atomic E-state index is 13.8. The third-order valence-corrected chi connectivity index (χ3v) is 5.04. The second-order valence-corrected chi connectivity index (χ2v) is 7.82. The van der Waals surface area contributed by atoms with Gasteiger partial charge < -0.3 is 4.90 Å². The van der Waals surface area contributed by atoms with Crippen LogP contribution in [0.2, 0.25) is 5.02 Å². The number of halogens is 3. The number of hydrogen-bond donors (Lipinski definition) is 0. The molecule has 21 heavy (non-hydrogen) atoms. The summed E-state index contributed by atoms with van der Waals surface area (Å²) in [5.74, 6) is -4.40. The van der Waals surface area contributed by atoms with Gasteiger partial charge in [0.25, 0.3) is 5.92 Å². The van der Waals surface area contributed by atoms with Gasteiger partial charge in [0.2, 0.25) is 5.95 Å². The van der Waals surface area contributed by atoms with Gasteiger partial charge in [-0.3, -0.25) is 0 Å². The molecule has 9 heteroatoms. The number of sulfone groups is 1. The molecule has 2 unspecified atom stereocenters. The lowest BCUT2D eigenvalue weighted by atomic mass is 9.87. The quantitative estimate of drug-likeness (QED) is 0.773. The molecule has 0 N–H and O–H groups in total. The number of hydrogen-bond acceptors (Lipinski definition) is 5. The predicted molar refractivity (Wildman–Crippen MR) is 75.6 cm³/mol. The van der Waals surface area contributed by atoms with Gasteiger partial charge in [-0.1, -0.05) is 25.4 Å². The smallest absolute Gasteiger partial charge is 0.256 e. The Balaban J connectivity index is 2.36. The monoisotopic (exact) mass is 339 g/mol. The molecule has 2 rings (SSSR count). The average molecular weight is 340 g/mol. The lowest BCUT2D eigenvalue weighted by Gasteiger charge is -2.41. The molecule has 0 amide bonds. The van der Waals surface area contributed by atoms with Crippen LogP contribution in [0.25, 0.3) is 0 Å². The van der Waals surface area contributed by atoms with Gasteiger partial charge in [-0.05, 0) is 0 Å². The van der Waals surface area contributed by atoms with E-state index < -0.39 is 27.6 Å². The Kier molecular flexibility index (Phi) is 4.14. The van der Waals surface area contributed by atoms with E-state index in [-0.39, 0.29) is 29.1 Å². The summed E-state index contributed by atoms with van der Waals surface area (Å²) in [6.45, 7) is 3.02. The van der Waals surface area contributed by atoms with E-state index in [1.165, 1.54) is 20.0 Å². The second kappa shape index (κ2) is 5.31. The molecule has 0 saturated carbocycles. The van der Waals surface area contributed by atoms with Crippen molar-refractivity contribution in [3.8, 4) is 0 Å². The number of alkyl halides is 2. The summed E-state index contributed by atoms with van der Waals surface area (Å²) in [7, 11) is -3.60. The molecule has 2 atom stereocenters. The molecule has 0 aliphatic carbocycles. The second-order valence-electron chi connectivity index (χ2n) is 5.48. The first-order valence-electron chi connectivity index (χ1n) is 6.38. The zero-order valence-electron chi connectivity index (χ0n) is 11.8. The molecule has 1 aliphatic heterocycles. The number of piperidine rings is 1. The molecular formula is C12H16ClF2N3O2S. The minimum atomic E-state index is -3.60. The minimum Gasteiger partial charge on any atom is -0.340 e. The number of aromatic nitrogens is 2. The van der Waals surface area contributed by atoms with Crippen molar-refractivity contribution in [3.05, 3.63) is 11.2 Å². The molecule has 0 radical (unpaired) electrons. The molecule has 0 bridgehead atoms. The number of rotatable bonds is 2. The predicted octanol–water partition coefficient (Wildman–Crippen LogP) is 2.26. The van der Waals surface area contributed by atoms with Crippen LogP contribution in [-0.4, -0.2) is 43.7 Å². The van der Waals surface area contributed by atoms with Crippen molar-refractivity contribution < 1.29 is 17.2 Å². The van der Waals surface area contributed by atoms with Crippen molar-refractivity contribution in [3.63, 3.8) is 0 Å². The van der Waals surface area contributed by atoms with Gasteiger partial charge in [-0.2, -0.15) is 4.98 Å². The van der Waals surface area contributed by atoms with Crippen molar-refractivity contribution in [2.24, 2.45) is 11.8 Å². The topological polar surface area (TPSA) is 63.2 Å². The first-order valence-corrected chi connectivity index (χ1v) is 8.65. The minimum absolute atomic E-state index is 0.0577. The van der Waals surface area contributed by atoms with Crippen molar-refractivity contribution in [1.82, 2.24) is 9.97 Å². The summed E-state index contributed by atoms with van der Waals surface area (Å²) >= 11 is 5.78. The van der Waals surface area contributed by atoms with Gasteiger partial charge in [0.1, 0.15) is 0 Å². The van der Waals surface area contributed by atoms with Crippen LogP contribution in [0.4, 0.5) is 14.7 Å². The lowest BCUT2D eigenvalue weighted by molar-refractivity contribution is -0.105. The normalized spacial score (nSPS) is 25.9. The highest BCUT2D eigenvalue weighted by atomic mass is 35.5. The Morgan fingerprint density at radius 3 is 2.33 bits per heavy atom. The Labute approximate surface area is 127 Å². The van der Waals surface area contributed by atoms with Gasteiger partial charge in [0.15, 0.2) is 14.9 Å². The van der Waals surface area contributed by atoms with E-state index in [9.17, 15) is 17.2 Å². The Bertz CT molecular complexity index is 640. The van der Waals surface area contributed by atoms with E-state index in [0.717, 1.165) is 6.26 Å². The van der Waals surface area contributed by atoms with Gasteiger partial charge in [0, 0.05) is 31.2 Å². The first-order chi connectivity index (χ1) is 9.53. The largest absolute Gasteiger partial charge is 0.340 e. The van der Waals surface area contributed by atoms with E-state index in [0.29, 0.717) is 0 Å². The highest BCUT2D eigenvalue weighted by molar-refractivity contribution is 7.90. The maximum Gasteiger partial charge on any atom is 0.256 e. The molecular weight excluding hydrogens is 324 g/mol. The van der Waals surface area contributed by atoms with Crippen LogP contribution < -0.4 is 4.90 Å². The molecule has 5 nitrogen and oxygen atoms in total. The van der Waals surface area contributed by atoms with E-state index in [1.54, 1.807) is 4.90 Å². The van der Waals surface area contributed by atoms with Crippen LogP contribution in [0.1, 0.15) is 13.8 Å².